The molecular weight excluding hydrogens is 176 g/mol. The number of nitrogens with zero attached hydrogens (tertiary/aromatic N) is 4. The largest absolute Gasteiger partial charge is 0.369 e. The number of hydrogen-bond acceptors (Lipinski definition) is 3. The first-order valence-corrected chi connectivity index (χ1v) is 3.76. The van der Waals surface area contributed by atoms with Crippen molar-refractivity contribution in [2.24, 2.45) is 4.99 Å². The van der Waals surface area contributed by atoms with E-state index in [9.17, 15) is 0 Å². The fourth-order valence-corrected chi connectivity index (χ4v) is 0.653. The lowest BCUT2D eigenvalue weighted by Gasteiger charge is -2.00. The summed E-state index contributed by atoms with van der Waals surface area (Å²) in [5.41, 5.74) is 0. The molecule has 0 aliphatic rings. The Morgan fingerprint density at radius 3 is 2.67 bits per heavy atom. The van der Waals surface area contributed by atoms with E-state index in [-0.39, 0.29) is 0 Å². The van der Waals surface area contributed by atoms with Crippen LogP contribution in [0.15, 0.2) is 17.1 Å². The third-order valence-corrected chi connectivity index (χ3v) is 1.24. The van der Waals surface area contributed by atoms with Crippen molar-refractivity contribution in [2.45, 2.75) is 0 Å². The van der Waals surface area contributed by atoms with Gasteiger partial charge in [0.1, 0.15) is 0 Å². The van der Waals surface area contributed by atoms with Gasteiger partial charge in [-0.05, 0) is 12.1 Å². The summed E-state index contributed by atoms with van der Waals surface area (Å²) in [4.78, 5) is 5.83. The Kier molecular flexibility index (Phi) is 2.99. The summed E-state index contributed by atoms with van der Waals surface area (Å²) in [6, 6.07) is 3.35. The smallest absolute Gasteiger partial charge is 0.175 e. The quantitative estimate of drug-likeness (QED) is 0.515. The number of rotatable bonds is 2. The maximum absolute atomic E-state index is 5.54. The van der Waals surface area contributed by atoms with Crippen molar-refractivity contribution in [1.82, 2.24) is 15.1 Å². The first-order valence-electron chi connectivity index (χ1n) is 3.38. The lowest BCUT2D eigenvalue weighted by atomic mass is 10.5. The molecule has 0 aromatic carbocycles. The van der Waals surface area contributed by atoms with Crippen LogP contribution in [0, 0.1) is 0 Å². The van der Waals surface area contributed by atoms with Crippen LogP contribution in [0.2, 0.25) is 5.15 Å². The molecule has 0 spiro atoms. The van der Waals surface area contributed by atoms with E-state index in [1.807, 2.05) is 19.0 Å². The molecule has 0 saturated carbocycles. The highest BCUT2D eigenvalue weighted by Gasteiger charge is 1.90. The molecule has 4 nitrogen and oxygen atoms in total. The van der Waals surface area contributed by atoms with Crippen LogP contribution in [-0.4, -0.2) is 35.5 Å². The Balaban J connectivity index is 2.71. The molecule has 64 valence electrons. The Morgan fingerprint density at radius 1 is 1.42 bits per heavy atom. The predicted molar refractivity (Wildman–Crippen MR) is 48.9 cm³/mol. The van der Waals surface area contributed by atoms with Crippen molar-refractivity contribution in [2.75, 3.05) is 14.1 Å². The molecule has 0 amide bonds. The lowest BCUT2D eigenvalue weighted by molar-refractivity contribution is 0.642. The second-order valence-corrected chi connectivity index (χ2v) is 2.81. The van der Waals surface area contributed by atoms with Gasteiger partial charge in [0.05, 0.1) is 6.34 Å². The summed E-state index contributed by atoms with van der Waals surface area (Å²) in [6.07, 6.45) is 1.65. The SMILES string of the molecule is CN(C)/C=N/c1ccc(Cl)nn1. The van der Waals surface area contributed by atoms with Crippen LogP contribution in [0.3, 0.4) is 0 Å². The monoisotopic (exact) mass is 184 g/mol. The molecule has 0 atom stereocenters. The number of hydrogen-bond donors (Lipinski definition) is 0. The summed E-state index contributed by atoms with van der Waals surface area (Å²) in [6.45, 7) is 0. The number of aliphatic imine (C=N–C) groups is 1. The molecule has 12 heavy (non-hydrogen) atoms. The standard InChI is InChI=1S/C7H9ClN4/c1-12(2)5-9-7-4-3-6(8)10-11-7/h3-5H,1-2H3/b9-5+. The summed E-state index contributed by atoms with van der Waals surface area (Å²) in [7, 11) is 3.76. The summed E-state index contributed by atoms with van der Waals surface area (Å²) in [5.74, 6) is 0.549. The van der Waals surface area contributed by atoms with Crippen molar-refractivity contribution in [1.29, 1.82) is 0 Å². The van der Waals surface area contributed by atoms with Gasteiger partial charge in [-0.1, -0.05) is 11.6 Å². The Hall–Kier alpha value is -1.16. The van der Waals surface area contributed by atoms with E-state index in [0.29, 0.717) is 11.0 Å². The fraction of sp³-hybridized carbons (Fsp3) is 0.286. The second-order valence-electron chi connectivity index (χ2n) is 2.42. The van der Waals surface area contributed by atoms with Crippen molar-refractivity contribution in [3.8, 4) is 0 Å². The van der Waals surface area contributed by atoms with E-state index in [4.69, 9.17) is 11.6 Å². The van der Waals surface area contributed by atoms with Crippen LogP contribution in [-0.2, 0) is 0 Å². The van der Waals surface area contributed by atoms with Gasteiger partial charge < -0.3 is 4.90 Å². The van der Waals surface area contributed by atoms with Gasteiger partial charge in [0.2, 0.25) is 0 Å². The van der Waals surface area contributed by atoms with Gasteiger partial charge in [-0.2, -0.15) is 0 Å². The zero-order valence-corrected chi connectivity index (χ0v) is 7.65. The van der Waals surface area contributed by atoms with Crippen LogP contribution < -0.4 is 0 Å². The minimum atomic E-state index is 0.374. The highest BCUT2D eigenvalue weighted by atomic mass is 35.5. The average Bonchev–Trinajstić information content (AvgIpc) is 2.03. The van der Waals surface area contributed by atoms with Gasteiger partial charge in [-0.25, -0.2) is 4.99 Å². The third-order valence-electron chi connectivity index (χ3n) is 1.04. The van der Waals surface area contributed by atoms with Crippen molar-refractivity contribution in [3.05, 3.63) is 17.3 Å². The van der Waals surface area contributed by atoms with Crippen LogP contribution in [0.1, 0.15) is 0 Å². The first-order chi connectivity index (χ1) is 5.68. The fourth-order valence-electron chi connectivity index (χ4n) is 0.552. The predicted octanol–water partition coefficient (Wildman–Crippen LogP) is 1.35. The maximum Gasteiger partial charge on any atom is 0.175 e. The lowest BCUT2D eigenvalue weighted by Crippen LogP contribution is -2.07. The Bertz CT molecular complexity index is 267. The molecule has 0 unspecified atom stereocenters. The zero-order chi connectivity index (χ0) is 8.97. The van der Waals surface area contributed by atoms with Crippen LogP contribution >= 0.6 is 11.6 Å². The van der Waals surface area contributed by atoms with Gasteiger partial charge in [-0.3, -0.25) is 0 Å². The van der Waals surface area contributed by atoms with Crippen molar-refractivity contribution < 1.29 is 0 Å². The molecule has 1 heterocycles. The molecule has 0 aliphatic heterocycles. The minimum absolute atomic E-state index is 0.374. The molecule has 0 bridgehead atoms. The van der Waals surface area contributed by atoms with Crippen LogP contribution in [0.4, 0.5) is 5.82 Å². The first kappa shape index (κ1) is 8.93. The molecule has 1 aromatic heterocycles. The molecule has 5 heteroatoms. The molecule has 1 rings (SSSR count). The Morgan fingerprint density at radius 2 is 2.17 bits per heavy atom. The average molecular weight is 185 g/mol. The second kappa shape index (κ2) is 4.01. The van der Waals surface area contributed by atoms with E-state index < -0.39 is 0 Å². The molecule has 0 saturated heterocycles. The van der Waals surface area contributed by atoms with Gasteiger partial charge in [0.25, 0.3) is 0 Å². The van der Waals surface area contributed by atoms with Crippen LogP contribution in [0.5, 0.6) is 0 Å². The normalized spacial score (nSPS) is 10.6. The third kappa shape index (κ3) is 2.84. The highest BCUT2D eigenvalue weighted by Crippen LogP contribution is 2.07. The van der Waals surface area contributed by atoms with E-state index in [2.05, 4.69) is 15.2 Å². The van der Waals surface area contributed by atoms with E-state index >= 15 is 0 Å². The van der Waals surface area contributed by atoms with Gasteiger partial charge in [0.15, 0.2) is 11.0 Å². The van der Waals surface area contributed by atoms with Gasteiger partial charge >= 0.3 is 0 Å². The molecule has 0 radical (unpaired) electrons. The summed E-state index contributed by atoms with van der Waals surface area (Å²) in [5, 5.41) is 7.76. The summed E-state index contributed by atoms with van der Waals surface area (Å²) < 4.78 is 0. The van der Waals surface area contributed by atoms with Crippen molar-refractivity contribution in [3.63, 3.8) is 0 Å². The van der Waals surface area contributed by atoms with Gasteiger partial charge in [-0.15, -0.1) is 10.2 Å². The van der Waals surface area contributed by atoms with E-state index in [1.165, 1.54) is 0 Å². The maximum atomic E-state index is 5.54. The molecule has 1 aromatic rings. The number of aromatic nitrogens is 2. The minimum Gasteiger partial charge on any atom is -0.369 e. The molecular formula is C7H9ClN4. The zero-order valence-electron chi connectivity index (χ0n) is 6.90. The van der Waals surface area contributed by atoms with E-state index in [0.717, 1.165) is 0 Å². The number of halogens is 1. The van der Waals surface area contributed by atoms with Gasteiger partial charge in [0, 0.05) is 14.1 Å². The highest BCUT2D eigenvalue weighted by molar-refractivity contribution is 6.29. The molecule has 0 fully saturated rings. The van der Waals surface area contributed by atoms with Crippen LogP contribution in [0.25, 0.3) is 0 Å². The summed E-state index contributed by atoms with van der Waals surface area (Å²) >= 11 is 5.54. The topological polar surface area (TPSA) is 41.4 Å². The molecule has 0 N–H and O–H groups in total. The van der Waals surface area contributed by atoms with E-state index in [1.54, 1.807) is 18.5 Å². The van der Waals surface area contributed by atoms with Crippen molar-refractivity contribution >= 4 is 23.8 Å². The molecule has 0 aliphatic carbocycles. The Labute approximate surface area is 75.9 Å².